The second-order valence-corrected chi connectivity index (χ2v) is 5.44. The van der Waals surface area contributed by atoms with Gasteiger partial charge < -0.3 is 9.64 Å². The summed E-state index contributed by atoms with van der Waals surface area (Å²) >= 11 is 0. The van der Waals surface area contributed by atoms with E-state index in [4.69, 9.17) is 4.74 Å². The molecule has 104 valence electrons. The Bertz CT molecular complexity index is 388. The lowest BCUT2D eigenvalue weighted by Gasteiger charge is -2.30. The molecule has 2 rings (SSSR count). The summed E-state index contributed by atoms with van der Waals surface area (Å²) in [7, 11) is 0. The summed E-state index contributed by atoms with van der Waals surface area (Å²) in [5.74, 6) is 1.68. The van der Waals surface area contributed by atoms with Gasteiger partial charge in [-0.15, -0.1) is 0 Å². The van der Waals surface area contributed by atoms with Crippen molar-refractivity contribution in [1.82, 2.24) is 4.90 Å². The average Bonchev–Trinajstić information content (AvgIpc) is 2.44. The van der Waals surface area contributed by atoms with Gasteiger partial charge >= 0.3 is 0 Å². The van der Waals surface area contributed by atoms with E-state index in [1.54, 1.807) is 12.1 Å². The van der Waals surface area contributed by atoms with Gasteiger partial charge in [-0.25, -0.2) is 0 Å². The molecule has 0 spiro atoms. The summed E-state index contributed by atoms with van der Waals surface area (Å²) < 4.78 is 5.68. The molecule has 0 N–H and O–H groups in total. The second kappa shape index (κ2) is 7.29. The minimum atomic E-state index is 0.689. The summed E-state index contributed by atoms with van der Waals surface area (Å²) in [5, 5.41) is 0. The number of likely N-dealkylation sites (tertiary alicyclic amines) is 1. The number of benzene rings is 1. The molecule has 1 aromatic carbocycles. The van der Waals surface area contributed by atoms with Crippen molar-refractivity contribution in [1.29, 1.82) is 0 Å². The number of rotatable bonds is 6. The molecule has 0 saturated carbocycles. The number of hydrogen-bond acceptors (Lipinski definition) is 3. The Morgan fingerprint density at radius 1 is 1.37 bits per heavy atom. The lowest BCUT2D eigenvalue weighted by atomic mass is 10.0. The van der Waals surface area contributed by atoms with E-state index in [1.807, 2.05) is 12.1 Å². The zero-order valence-electron chi connectivity index (χ0n) is 11.7. The third-order valence-electron chi connectivity index (χ3n) is 3.64. The van der Waals surface area contributed by atoms with Crippen LogP contribution < -0.4 is 4.74 Å². The average molecular weight is 261 g/mol. The summed E-state index contributed by atoms with van der Waals surface area (Å²) in [6.45, 7) is 6.66. The van der Waals surface area contributed by atoms with E-state index in [2.05, 4.69) is 11.8 Å². The maximum atomic E-state index is 10.5. The number of carbonyl (C=O) groups is 1. The van der Waals surface area contributed by atoms with Crippen LogP contribution in [-0.2, 0) is 0 Å². The Morgan fingerprint density at radius 2 is 2.16 bits per heavy atom. The normalized spacial score (nSPS) is 20.2. The maximum Gasteiger partial charge on any atom is 0.150 e. The smallest absolute Gasteiger partial charge is 0.150 e. The highest BCUT2D eigenvalue weighted by atomic mass is 16.5. The van der Waals surface area contributed by atoms with Crippen molar-refractivity contribution in [2.45, 2.75) is 26.2 Å². The van der Waals surface area contributed by atoms with Crippen LogP contribution in [0.1, 0.15) is 36.5 Å². The quantitative estimate of drug-likeness (QED) is 0.582. The monoisotopic (exact) mass is 261 g/mol. The first-order chi connectivity index (χ1) is 9.28. The molecule has 1 unspecified atom stereocenters. The minimum absolute atomic E-state index is 0.689. The molecular weight excluding hydrogens is 238 g/mol. The van der Waals surface area contributed by atoms with Gasteiger partial charge in [-0.2, -0.15) is 0 Å². The highest BCUT2D eigenvalue weighted by molar-refractivity contribution is 5.74. The molecule has 1 aliphatic heterocycles. The standard InChI is InChI=1S/C16H23NO2/c1-14-4-2-9-17(12-14)10-3-11-19-16-7-5-15(13-18)6-8-16/h5-8,13-14H,2-4,9-12H2,1H3. The molecule has 0 amide bonds. The number of ether oxygens (including phenoxy) is 1. The summed E-state index contributed by atoms with van der Waals surface area (Å²) in [6, 6.07) is 7.28. The Hall–Kier alpha value is -1.35. The van der Waals surface area contributed by atoms with Crippen LogP contribution in [0.4, 0.5) is 0 Å². The molecule has 0 aromatic heterocycles. The molecule has 0 bridgehead atoms. The minimum Gasteiger partial charge on any atom is -0.494 e. The Kier molecular flexibility index (Phi) is 5.40. The molecule has 19 heavy (non-hydrogen) atoms. The van der Waals surface area contributed by atoms with Gasteiger partial charge in [0, 0.05) is 18.7 Å². The number of piperidine rings is 1. The predicted molar refractivity (Wildman–Crippen MR) is 76.8 cm³/mol. The molecule has 3 heteroatoms. The zero-order chi connectivity index (χ0) is 13.5. The van der Waals surface area contributed by atoms with Crippen LogP contribution in [0.15, 0.2) is 24.3 Å². The molecule has 1 heterocycles. The van der Waals surface area contributed by atoms with E-state index in [-0.39, 0.29) is 0 Å². The van der Waals surface area contributed by atoms with Gasteiger partial charge in [-0.1, -0.05) is 6.92 Å². The fraction of sp³-hybridized carbons (Fsp3) is 0.562. The third-order valence-corrected chi connectivity index (χ3v) is 3.64. The molecular formula is C16H23NO2. The largest absolute Gasteiger partial charge is 0.494 e. The van der Waals surface area contributed by atoms with E-state index < -0.39 is 0 Å². The van der Waals surface area contributed by atoms with Gasteiger partial charge in [0.1, 0.15) is 12.0 Å². The van der Waals surface area contributed by atoms with Gasteiger partial charge in [0.15, 0.2) is 0 Å². The van der Waals surface area contributed by atoms with Crippen LogP contribution in [0.3, 0.4) is 0 Å². The predicted octanol–water partition coefficient (Wildman–Crippen LogP) is 3.00. The Labute approximate surface area is 115 Å². The van der Waals surface area contributed by atoms with E-state index in [0.29, 0.717) is 5.56 Å². The molecule has 3 nitrogen and oxygen atoms in total. The molecule has 0 aliphatic carbocycles. The molecule has 0 radical (unpaired) electrons. The highest BCUT2D eigenvalue weighted by Crippen LogP contribution is 2.16. The van der Waals surface area contributed by atoms with Gasteiger partial charge in [0.2, 0.25) is 0 Å². The fourth-order valence-electron chi connectivity index (χ4n) is 2.61. The van der Waals surface area contributed by atoms with Crippen LogP contribution >= 0.6 is 0 Å². The van der Waals surface area contributed by atoms with E-state index in [1.165, 1.54) is 25.9 Å². The Balaban J connectivity index is 1.64. The van der Waals surface area contributed by atoms with Crippen molar-refractivity contribution in [2.75, 3.05) is 26.2 Å². The van der Waals surface area contributed by atoms with Crippen LogP contribution in [-0.4, -0.2) is 37.4 Å². The van der Waals surface area contributed by atoms with Crippen molar-refractivity contribution in [3.05, 3.63) is 29.8 Å². The van der Waals surface area contributed by atoms with E-state index in [9.17, 15) is 4.79 Å². The first kappa shape index (κ1) is 14.1. The summed E-state index contributed by atoms with van der Waals surface area (Å²) in [5.41, 5.74) is 0.689. The van der Waals surface area contributed by atoms with Crippen LogP contribution in [0.25, 0.3) is 0 Å². The lowest BCUT2D eigenvalue weighted by Crippen LogP contribution is -2.35. The number of carbonyl (C=O) groups excluding carboxylic acids is 1. The second-order valence-electron chi connectivity index (χ2n) is 5.44. The highest BCUT2D eigenvalue weighted by Gasteiger charge is 2.15. The maximum absolute atomic E-state index is 10.5. The zero-order valence-corrected chi connectivity index (χ0v) is 11.7. The number of nitrogens with zero attached hydrogens (tertiary/aromatic N) is 1. The molecule has 1 fully saturated rings. The van der Waals surface area contributed by atoms with Crippen molar-refractivity contribution in [2.24, 2.45) is 5.92 Å². The first-order valence-corrected chi connectivity index (χ1v) is 7.18. The number of hydrogen-bond donors (Lipinski definition) is 0. The summed E-state index contributed by atoms with van der Waals surface area (Å²) in [6.07, 6.45) is 4.61. The third kappa shape index (κ3) is 4.67. The molecule has 1 aromatic rings. The number of aldehydes is 1. The van der Waals surface area contributed by atoms with Gasteiger partial charge in [0.25, 0.3) is 0 Å². The topological polar surface area (TPSA) is 29.5 Å². The molecule has 1 atom stereocenters. The summed E-state index contributed by atoms with van der Waals surface area (Å²) in [4.78, 5) is 13.1. The van der Waals surface area contributed by atoms with Gasteiger partial charge in [-0.3, -0.25) is 4.79 Å². The lowest BCUT2D eigenvalue weighted by molar-refractivity contribution is 0.112. The van der Waals surface area contributed by atoms with Gasteiger partial charge in [-0.05, 0) is 56.0 Å². The van der Waals surface area contributed by atoms with Gasteiger partial charge in [0.05, 0.1) is 6.61 Å². The van der Waals surface area contributed by atoms with Crippen molar-refractivity contribution in [3.8, 4) is 5.75 Å². The van der Waals surface area contributed by atoms with Crippen LogP contribution in [0.5, 0.6) is 5.75 Å². The van der Waals surface area contributed by atoms with Crippen molar-refractivity contribution < 1.29 is 9.53 Å². The van der Waals surface area contributed by atoms with E-state index in [0.717, 1.165) is 37.5 Å². The first-order valence-electron chi connectivity index (χ1n) is 7.18. The fourth-order valence-corrected chi connectivity index (χ4v) is 2.61. The van der Waals surface area contributed by atoms with Crippen molar-refractivity contribution >= 4 is 6.29 Å². The Morgan fingerprint density at radius 3 is 2.84 bits per heavy atom. The van der Waals surface area contributed by atoms with Crippen molar-refractivity contribution in [3.63, 3.8) is 0 Å². The van der Waals surface area contributed by atoms with E-state index >= 15 is 0 Å². The van der Waals surface area contributed by atoms with Crippen LogP contribution in [0, 0.1) is 5.92 Å². The SMILES string of the molecule is CC1CCCN(CCCOc2ccc(C=O)cc2)C1. The van der Waals surface area contributed by atoms with Crippen LogP contribution in [0.2, 0.25) is 0 Å². The molecule has 1 aliphatic rings. The molecule has 1 saturated heterocycles.